The van der Waals surface area contributed by atoms with Gasteiger partial charge in [-0.3, -0.25) is 0 Å². The number of aryl methyl sites for hydroxylation is 2. The fourth-order valence-electron chi connectivity index (χ4n) is 2.27. The number of aromatic nitrogens is 1. The molecule has 5 nitrogen and oxygen atoms in total. The summed E-state index contributed by atoms with van der Waals surface area (Å²) in [4.78, 5) is 10.7. The van der Waals surface area contributed by atoms with Crippen LogP contribution in [0.2, 0.25) is 0 Å². The Balaban J connectivity index is 1.67. The summed E-state index contributed by atoms with van der Waals surface area (Å²) in [6, 6.07) is 7.42. The predicted molar refractivity (Wildman–Crippen MR) is 66.3 cm³/mol. The lowest BCUT2D eigenvalue weighted by atomic mass is 10.1. The Morgan fingerprint density at radius 1 is 1.32 bits per heavy atom. The van der Waals surface area contributed by atoms with E-state index in [4.69, 9.17) is 14.4 Å². The van der Waals surface area contributed by atoms with Gasteiger partial charge in [-0.15, -0.1) is 0 Å². The van der Waals surface area contributed by atoms with Crippen molar-refractivity contribution in [1.29, 1.82) is 0 Å². The van der Waals surface area contributed by atoms with Crippen molar-refractivity contribution in [3.05, 3.63) is 46.8 Å². The number of fused-ring (bicyclic) bond motifs is 1. The normalized spacial score (nSPS) is 13.3. The van der Waals surface area contributed by atoms with E-state index in [-0.39, 0.29) is 12.3 Å². The quantitative estimate of drug-likeness (QED) is 0.912. The van der Waals surface area contributed by atoms with Crippen LogP contribution in [0.4, 0.5) is 0 Å². The summed E-state index contributed by atoms with van der Waals surface area (Å²) in [5.41, 5.74) is 2.62. The van der Waals surface area contributed by atoms with Crippen LogP contribution in [0.15, 0.2) is 28.8 Å². The van der Waals surface area contributed by atoms with Crippen molar-refractivity contribution in [3.63, 3.8) is 0 Å². The van der Waals surface area contributed by atoms with Crippen LogP contribution in [0.25, 0.3) is 0 Å². The minimum absolute atomic E-state index is 0.104. The SMILES string of the molecule is O=C(O)c1cc(COc2ccc3c(c2)CCC3)on1. The van der Waals surface area contributed by atoms with E-state index >= 15 is 0 Å². The van der Waals surface area contributed by atoms with Crippen LogP contribution < -0.4 is 4.74 Å². The zero-order chi connectivity index (χ0) is 13.2. The topological polar surface area (TPSA) is 72.6 Å². The number of nitrogens with zero attached hydrogens (tertiary/aromatic N) is 1. The number of ether oxygens (including phenoxy) is 1. The zero-order valence-corrected chi connectivity index (χ0v) is 10.3. The summed E-state index contributed by atoms with van der Waals surface area (Å²) in [5.74, 6) is 0.0688. The molecule has 0 atom stereocenters. The highest BCUT2D eigenvalue weighted by Gasteiger charge is 2.13. The molecule has 1 aromatic heterocycles. The van der Waals surface area contributed by atoms with Crippen LogP contribution in [0, 0.1) is 0 Å². The summed E-state index contributed by atoms with van der Waals surface area (Å²) in [7, 11) is 0. The van der Waals surface area contributed by atoms with Gasteiger partial charge in [0.25, 0.3) is 0 Å². The van der Waals surface area contributed by atoms with Gasteiger partial charge in [0, 0.05) is 6.07 Å². The molecule has 0 amide bonds. The molecule has 0 spiro atoms. The molecule has 1 aliphatic carbocycles. The Kier molecular flexibility index (Phi) is 2.95. The minimum Gasteiger partial charge on any atom is -0.486 e. The van der Waals surface area contributed by atoms with Crippen LogP contribution in [-0.2, 0) is 19.4 Å². The Hall–Kier alpha value is -2.30. The predicted octanol–water partition coefficient (Wildman–Crippen LogP) is 2.44. The monoisotopic (exact) mass is 259 g/mol. The molecule has 98 valence electrons. The number of carboxylic acids is 1. The first kappa shape index (κ1) is 11.8. The lowest BCUT2D eigenvalue weighted by molar-refractivity contribution is 0.0685. The third-order valence-corrected chi connectivity index (χ3v) is 3.23. The molecule has 0 unspecified atom stereocenters. The number of carbonyl (C=O) groups is 1. The van der Waals surface area contributed by atoms with Crippen molar-refractivity contribution >= 4 is 5.97 Å². The van der Waals surface area contributed by atoms with Gasteiger partial charge in [0.2, 0.25) is 0 Å². The fourth-order valence-corrected chi connectivity index (χ4v) is 2.27. The highest BCUT2D eigenvalue weighted by Crippen LogP contribution is 2.26. The summed E-state index contributed by atoms with van der Waals surface area (Å²) >= 11 is 0. The maximum atomic E-state index is 10.7. The first-order chi connectivity index (χ1) is 9.22. The average molecular weight is 259 g/mol. The van der Waals surface area contributed by atoms with E-state index in [2.05, 4.69) is 11.2 Å². The van der Waals surface area contributed by atoms with E-state index < -0.39 is 5.97 Å². The number of hydrogen-bond donors (Lipinski definition) is 1. The second kappa shape index (κ2) is 4.76. The number of benzene rings is 1. The van der Waals surface area contributed by atoms with Gasteiger partial charge in [0.1, 0.15) is 12.4 Å². The van der Waals surface area contributed by atoms with Crippen LogP contribution in [0.5, 0.6) is 5.75 Å². The maximum absolute atomic E-state index is 10.7. The fraction of sp³-hybridized carbons (Fsp3) is 0.286. The molecule has 0 bridgehead atoms. The van der Waals surface area contributed by atoms with E-state index in [0.29, 0.717) is 5.76 Å². The minimum atomic E-state index is -1.10. The largest absolute Gasteiger partial charge is 0.486 e. The molecule has 5 heteroatoms. The number of aromatic carboxylic acids is 1. The second-order valence-corrected chi connectivity index (χ2v) is 4.56. The molecule has 0 fully saturated rings. The zero-order valence-electron chi connectivity index (χ0n) is 10.3. The van der Waals surface area contributed by atoms with E-state index in [1.807, 2.05) is 12.1 Å². The number of rotatable bonds is 4. The smallest absolute Gasteiger partial charge is 0.358 e. The van der Waals surface area contributed by atoms with Crippen molar-refractivity contribution in [1.82, 2.24) is 5.16 Å². The van der Waals surface area contributed by atoms with Crippen molar-refractivity contribution in [2.75, 3.05) is 0 Å². The van der Waals surface area contributed by atoms with E-state index in [9.17, 15) is 4.79 Å². The molecule has 1 heterocycles. The Morgan fingerprint density at radius 3 is 2.95 bits per heavy atom. The van der Waals surface area contributed by atoms with Gasteiger partial charge in [-0.05, 0) is 42.5 Å². The van der Waals surface area contributed by atoms with Crippen molar-refractivity contribution in [2.45, 2.75) is 25.9 Å². The van der Waals surface area contributed by atoms with Gasteiger partial charge in [-0.2, -0.15) is 0 Å². The van der Waals surface area contributed by atoms with Crippen molar-refractivity contribution < 1.29 is 19.2 Å². The Bertz CT molecular complexity index is 618. The molecule has 2 aromatic rings. The lowest BCUT2D eigenvalue weighted by Gasteiger charge is -2.06. The van der Waals surface area contributed by atoms with Crippen LogP contribution in [-0.4, -0.2) is 16.2 Å². The number of hydrogen-bond acceptors (Lipinski definition) is 4. The van der Waals surface area contributed by atoms with Gasteiger partial charge >= 0.3 is 5.97 Å². The van der Waals surface area contributed by atoms with E-state index in [1.165, 1.54) is 23.6 Å². The standard InChI is InChI=1S/C14H13NO4/c16-14(17)13-7-12(19-15-13)8-18-11-5-4-9-2-1-3-10(9)6-11/h4-7H,1-3,8H2,(H,16,17). The highest BCUT2D eigenvalue weighted by atomic mass is 16.5. The molecular formula is C14H13NO4. The first-order valence-corrected chi connectivity index (χ1v) is 6.16. The Morgan fingerprint density at radius 2 is 2.16 bits per heavy atom. The summed E-state index contributed by atoms with van der Waals surface area (Å²) < 4.78 is 10.5. The van der Waals surface area contributed by atoms with Crippen LogP contribution in [0.3, 0.4) is 0 Å². The van der Waals surface area contributed by atoms with Gasteiger partial charge in [-0.25, -0.2) is 4.79 Å². The van der Waals surface area contributed by atoms with Gasteiger partial charge in [0.05, 0.1) is 0 Å². The molecule has 0 saturated carbocycles. The number of carboxylic acid groups (broad SMARTS) is 1. The van der Waals surface area contributed by atoms with Crippen molar-refractivity contribution in [3.8, 4) is 5.75 Å². The molecule has 0 saturated heterocycles. The molecule has 1 aliphatic rings. The molecule has 1 aromatic carbocycles. The summed E-state index contributed by atoms with van der Waals surface area (Å²) in [6.07, 6.45) is 3.43. The van der Waals surface area contributed by atoms with E-state index in [0.717, 1.165) is 18.6 Å². The molecule has 0 radical (unpaired) electrons. The molecule has 0 aliphatic heterocycles. The first-order valence-electron chi connectivity index (χ1n) is 6.16. The molecular weight excluding hydrogens is 246 g/mol. The third-order valence-electron chi connectivity index (χ3n) is 3.23. The van der Waals surface area contributed by atoms with Crippen LogP contribution >= 0.6 is 0 Å². The van der Waals surface area contributed by atoms with Gasteiger partial charge in [-0.1, -0.05) is 11.2 Å². The van der Waals surface area contributed by atoms with Gasteiger partial charge < -0.3 is 14.4 Å². The molecule has 1 N–H and O–H groups in total. The average Bonchev–Trinajstić information content (AvgIpc) is 3.04. The summed E-state index contributed by atoms with van der Waals surface area (Å²) in [5, 5.41) is 12.2. The third kappa shape index (κ3) is 2.45. The van der Waals surface area contributed by atoms with Crippen molar-refractivity contribution in [2.24, 2.45) is 0 Å². The second-order valence-electron chi connectivity index (χ2n) is 4.56. The highest BCUT2D eigenvalue weighted by molar-refractivity contribution is 5.85. The molecule has 19 heavy (non-hydrogen) atoms. The van der Waals surface area contributed by atoms with Gasteiger partial charge in [0.15, 0.2) is 11.5 Å². The van der Waals surface area contributed by atoms with Crippen LogP contribution in [0.1, 0.15) is 33.8 Å². The van der Waals surface area contributed by atoms with E-state index in [1.54, 1.807) is 0 Å². The Labute approximate surface area is 109 Å². The maximum Gasteiger partial charge on any atom is 0.358 e. The lowest BCUT2D eigenvalue weighted by Crippen LogP contribution is -1.96. The summed E-state index contributed by atoms with van der Waals surface area (Å²) in [6.45, 7) is 0.180. The molecule has 3 rings (SSSR count).